The van der Waals surface area contributed by atoms with Gasteiger partial charge in [-0.15, -0.1) is 0 Å². The van der Waals surface area contributed by atoms with Crippen molar-refractivity contribution in [2.75, 3.05) is 29.2 Å². The maximum absolute atomic E-state index is 11.7. The van der Waals surface area contributed by atoms with E-state index in [2.05, 4.69) is 10.6 Å². The number of para-hydroxylation sites is 1. The molecule has 0 radical (unpaired) electrons. The number of benzene rings is 1. The second kappa shape index (κ2) is 5.49. The van der Waals surface area contributed by atoms with E-state index in [1.165, 1.54) is 0 Å². The predicted octanol–water partition coefficient (Wildman–Crippen LogP) is 0.391. The van der Waals surface area contributed by atoms with E-state index in [0.29, 0.717) is 17.1 Å². The van der Waals surface area contributed by atoms with Crippen LogP contribution in [0, 0.1) is 0 Å². The summed E-state index contributed by atoms with van der Waals surface area (Å²) < 4.78 is 27.3. The Labute approximate surface area is 116 Å². The van der Waals surface area contributed by atoms with Crippen LogP contribution in [0.5, 0.6) is 5.75 Å². The van der Waals surface area contributed by atoms with E-state index in [1.54, 1.807) is 18.2 Å². The summed E-state index contributed by atoms with van der Waals surface area (Å²) in [6, 6.07) is 4.92. The minimum Gasteiger partial charge on any atom is -0.479 e. The number of hydrogen-bond donors (Lipinski definition) is 2. The van der Waals surface area contributed by atoms with Gasteiger partial charge in [0, 0.05) is 12.7 Å². The average molecular weight is 298 g/mol. The molecule has 1 aliphatic rings. The molecule has 0 bridgehead atoms. The van der Waals surface area contributed by atoms with E-state index in [1.807, 2.05) is 0 Å². The largest absolute Gasteiger partial charge is 0.479 e. The number of fused-ring (bicyclic) bond motifs is 1. The first-order chi connectivity index (χ1) is 9.35. The van der Waals surface area contributed by atoms with Gasteiger partial charge in [0.15, 0.2) is 12.4 Å². The summed E-state index contributed by atoms with van der Waals surface area (Å²) in [5.41, 5.74) is 0.878. The van der Waals surface area contributed by atoms with E-state index in [-0.39, 0.29) is 24.7 Å². The Bertz CT molecular complexity index is 654. The average Bonchev–Trinajstić information content (AvgIpc) is 2.35. The quantitative estimate of drug-likeness (QED) is 0.837. The van der Waals surface area contributed by atoms with Crippen molar-refractivity contribution in [1.29, 1.82) is 0 Å². The van der Waals surface area contributed by atoms with Crippen molar-refractivity contribution < 1.29 is 22.7 Å². The van der Waals surface area contributed by atoms with Gasteiger partial charge < -0.3 is 15.4 Å². The summed E-state index contributed by atoms with van der Waals surface area (Å²) in [4.78, 5) is 22.9. The van der Waals surface area contributed by atoms with Crippen LogP contribution in [0.4, 0.5) is 11.4 Å². The lowest BCUT2D eigenvalue weighted by Gasteiger charge is -2.20. The lowest BCUT2D eigenvalue weighted by atomic mass is 10.2. The Kier molecular flexibility index (Phi) is 3.93. The molecule has 2 rings (SSSR count). The minimum atomic E-state index is -3.19. The molecule has 2 amide bonds. The van der Waals surface area contributed by atoms with Crippen molar-refractivity contribution >= 4 is 33.0 Å². The lowest BCUT2D eigenvalue weighted by molar-refractivity contribution is -0.118. The van der Waals surface area contributed by atoms with E-state index in [9.17, 15) is 18.0 Å². The maximum atomic E-state index is 11.7. The van der Waals surface area contributed by atoms with E-state index < -0.39 is 15.7 Å². The van der Waals surface area contributed by atoms with Crippen molar-refractivity contribution in [2.24, 2.45) is 0 Å². The highest BCUT2D eigenvalue weighted by Crippen LogP contribution is 2.35. The van der Waals surface area contributed by atoms with Gasteiger partial charge in [-0.25, -0.2) is 8.42 Å². The van der Waals surface area contributed by atoms with Gasteiger partial charge in [0.25, 0.3) is 5.91 Å². The SMILES string of the molecule is CS(=O)(=O)CCC(=O)Nc1cccc2c1OCC(=O)N2. The number of anilines is 2. The van der Waals surface area contributed by atoms with Crippen LogP contribution < -0.4 is 15.4 Å². The summed E-state index contributed by atoms with van der Waals surface area (Å²) in [5.74, 6) is -0.534. The third kappa shape index (κ3) is 3.70. The smallest absolute Gasteiger partial charge is 0.262 e. The molecule has 0 unspecified atom stereocenters. The Hall–Kier alpha value is -2.09. The van der Waals surface area contributed by atoms with Gasteiger partial charge in [-0.2, -0.15) is 0 Å². The van der Waals surface area contributed by atoms with Gasteiger partial charge >= 0.3 is 0 Å². The number of carbonyl (C=O) groups excluding carboxylic acids is 2. The number of rotatable bonds is 4. The van der Waals surface area contributed by atoms with Gasteiger partial charge in [0.2, 0.25) is 5.91 Å². The van der Waals surface area contributed by atoms with Crippen LogP contribution in [0.15, 0.2) is 18.2 Å². The molecule has 7 nitrogen and oxygen atoms in total. The Balaban J connectivity index is 2.09. The molecule has 1 aromatic carbocycles. The fraction of sp³-hybridized carbons (Fsp3) is 0.333. The number of ether oxygens (including phenoxy) is 1. The Morgan fingerprint density at radius 3 is 2.90 bits per heavy atom. The summed E-state index contributed by atoms with van der Waals surface area (Å²) in [7, 11) is -3.19. The maximum Gasteiger partial charge on any atom is 0.262 e. The van der Waals surface area contributed by atoms with Gasteiger partial charge in [-0.3, -0.25) is 9.59 Å². The second-order valence-corrected chi connectivity index (χ2v) is 6.71. The Morgan fingerprint density at radius 1 is 1.45 bits per heavy atom. The molecule has 0 atom stereocenters. The molecular weight excluding hydrogens is 284 g/mol. The molecule has 1 aromatic rings. The van der Waals surface area contributed by atoms with Crippen molar-refractivity contribution in [1.82, 2.24) is 0 Å². The summed E-state index contributed by atoms with van der Waals surface area (Å²) in [6.45, 7) is -0.122. The van der Waals surface area contributed by atoms with Crippen LogP contribution in [0.3, 0.4) is 0 Å². The van der Waals surface area contributed by atoms with Gasteiger partial charge in [0.1, 0.15) is 9.84 Å². The van der Waals surface area contributed by atoms with Gasteiger partial charge in [-0.05, 0) is 12.1 Å². The minimum absolute atomic E-state index is 0.122. The summed E-state index contributed by atoms with van der Waals surface area (Å²) in [6.07, 6.45) is 0.943. The van der Waals surface area contributed by atoms with E-state index in [4.69, 9.17) is 4.74 Å². The zero-order valence-electron chi connectivity index (χ0n) is 10.8. The molecule has 1 aliphatic heterocycles. The van der Waals surface area contributed by atoms with Crippen LogP contribution >= 0.6 is 0 Å². The molecule has 0 fully saturated rings. The fourth-order valence-electron chi connectivity index (χ4n) is 1.70. The van der Waals surface area contributed by atoms with Crippen LogP contribution in [0.1, 0.15) is 6.42 Å². The zero-order valence-corrected chi connectivity index (χ0v) is 11.6. The fourth-order valence-corrected chi connectivity index (χ4v) is 2.26. The standard InChI is InChI=1S/C12H14N2O5S/c1-20(17,18)6-5-10(15)13-8-3-2-4-9-12(8)19-7-11(16)14-9/h2-4H,5-7H2,1H3,(H,13,15)(H,14,16). The molecular formula is C12H14N2O5S. The van der Waals surface area contributed by atoms with Crippen molar-refractivity contribution in [3.63, 3.8) is 0 Å². The molecule has 0 saturated carbocycles. The monoisotopic (exact) mass is 298 g/mol. The molecule has 108 valence electrons. The number of sulfone groups is 1. The van der Waals surface area contributed by atoms with Crippen LogP contribution in [0.25, 0.3) is 0 Å². The second-order valence-electron chi connectivity index (χ2n) is 4.45. The molecule has 2 N–H and O–H groups in total. The van der Waals surface area contributed by atoms with E-state index in [0.717, 1.165) is 6.26 Å². The van der Waals surface area contributed by atoms with E-state index >= 15 is 0 Å². The zero-order chi connectivity index (χ0) is 14.8. The topological polar surface area (TPSA) is 102 Å². The molecule has 1 heterocycles. The number of hydrogen-bond acceptors (Lipinski definition) is 5. The van der Waals surface area contributed by atoms with Gasteiger partial charge in [-0.1, -0.05) is 6.07 Å². The van der Waals surface area contributed by atoms with Crippen LogP contribution in [-0.2, 0) is 19.4 Å². The van der Waals surface area contributed by atoms with Crippen molar-refractivity contribution in [2.45, 2.75) is 6.42 Å². The predicted molar refractivity (Wildman–Crippen MR) is 73.5 cm³/mol. The summed E-state index contributed by atoms with van der Waals surface area (Å²) in [5, 5.41) is 5.20. The molecule has 20 heavy (non-hydrogen) atoms. The third-order valence-corrected chi connectivity index (χ3v) is 3.56. The first kappa shape index (κ1) is 14.3. The highest BCUT2D eigenvalue weighted by atomic mass is 32.2. The highest BCUT2D eigenvalue weighted by molar-refractivity contribution is 7.90. The molecule has 0 aromatic heterocycles. The number of nitrogens with one attached hydrogen (secondary N) is 2. The number of carbonyl (C=O) groups is 2. The van der Waals surface area contributed by atoms with Crippen molar-refractivity contribution in [3.05, 3.63) is 18.2 Å². The highest BCUT2D eigenvalue weighted by Gasteiger charge is 2.20. The van der Waals surface area contributed by atoms with Crippen molar-refractivity contribution in [3.8, 4) is 5.75 Å². The Morgan fingerprint density at radius 2 is 2.20 bits per heavy atom. The lowest BCUT2D eigenvalue weighted by Crippen LogP contribution is -2.26. The van der Waals surface area contributed by atoms with Crippen LogP contribution in [0.2, 0.25) is 0 Å². The number of amides is 2. The van der Waals surface area contributed by atoms with Crippen LogP contribution in [-0.4, -0.2) is 38.8 Å². The molecule has 0 aliphatic carbocycles. The normalized spacial score (nSPS) is 13.9. The first-order valence-corrected chi connectivity index (χ1v) is 7.94. The molecule has 0 saturated heterocycles. The first-order valence-electron chi connectivity index (χ1n) is 5.88. The molecule has 0 spiro atoms. The third-order valence-electron chi connectivity index (χ3n) is 2.61. The summed E-state index contributed by atoms with van der Waals surface area (Å²) >= 11 is 0. The van der Waals surface area contributed by atoms with Gasteiger partial charge in [0.05, 0.1) is 17.1 Å². The molecule has 8 heteroatoms.